The van der Waals surface area contributed by atoms with Gasteiger partial charge in [0.15, 0.2) is 9.84 Å². The Balaban J connectivity index is 2.05. The molecule has 0 amide bonds. The van der Waals surface area contributed by atoms with Gasteiger partial charge in [0.2, 0.25) is 0 Å². The number of hydrogen-bond donors (Lipinski definition) is 0. The molecule has 1 atom stereocenters. The van der Waals surface area contributed by atoms with Gasteiger partial charge in [-0.3, -0.25) is 9.36 Å². The van der Waals surface area contributed by atoms with Gasteiger partial charge in [-0.1, -0.05) is 12.1 Å². The van der Waals surface area contributed by atoms with Crippen molar-refractivity contribution in [3.63, 3.8) is 0 Å². The molecule has 1 aromatic heterocycles. The van der Waals surface area contributed by atoms with Gasteiger partial charge in [0.1, 0.15) is 5.82 Å². The molecule has 0 aliphatic carbocycles. The van der Waals surface area contributed by atoms with E-state index in [0.29, 0.717) is 29.7 Å². The zero-order chi connectivity index (χ0) is 15.0. The van der Waals surface area contributed by atoms with Gasteiger partial charge in [-0.05, 0) is 24.5 Å². The van der Waals surface area contributed by atoms with Crippen LogP contribution < -0.4 is 5.56 Å². The molecular formula is C14H15ClN2O3S. The van der Waals surface area contributed by atoms with Crippen molar-refractivity contribution < 1.29 is 8.42 Å². The van der Waals surface area contributed by atoms with Crippen molar-refractivity contribution >= 4 is 32.3 Å². The minimum Gasteiger partial charge on any atom is -0.295 e. The largest absolute Gasteiger partial charge is 0.295 e. The lowest BCUT2D eigenvalue weighted by Gasteiger charge is -2.15. The number of fused-ring (bicyclic) bond motifs is 1. The second-order valence-corrected chi connectivity index (χ2v) is 7.86. The molecule has 3 rings (SSSR count). The molecule has 1 aliphatic rings. The summed E-state index contributed by atoms with van der Waals surface area (Å²) < 4.78 is 24.6. The predicted molar refractivity (Wildman–Crippen MR) is 82.3 cm³/mol. The van der Waals surface area contributed by atoms with Crippen molar-refractivity contribution in [2.45, 2.75) is 18.8 Å². The van der Waals surface area contributed by atoms with E-state index in [9.17, 15) is 13.2 Å². The van der Waals surface area contributed by atoms with Gasteiger partial charge >= 0.3 is 0 Å². The summed E-state index contributed by atoms with van der Waals surface area (Å²) in [7, 11) is -2.96. The van der Waals surface area contributed by atoms with Crippen molar-refractivity contribution in [3.05, 3.63) is 40.4 Å². The molecule has 21 heavy (non-hydrogen) atoms. The van der Waals surface area contributed by atoms with Crippen LogP contribution in [0.1, 0.15) is 12.2 Å². The molecule has 2 aromatic rings. The van der Waals surface area contributed by atoms with Crippen molar-refractivity contribution in [3.8, 4) is 0 Å². The normalized spacial score (nSPS) is 20.9. The predicted octanol–water partition coefficient (Wildman–Crippen LogP) is 1.57. The van der Waals surface area contributed by atoms with E-state index in [2.05, 4.69) is 4.98 Å². The van der Waals surface area contributed by atoms with Crippen LogP contribution in [0, 0.1) is 5.92 Å². The molecule has 1 unspecified atom stereocenters. The van der Waals surface area contributed by atoms with Gasteiger partial charge in [0.05, 0.1) is 28.3 Å². The summed E-state index contributed by atoms with van der Waals surface area (Å²) in [5.41, 5.74) is 0.467. The maximum Gasteiger partial charge on any atom is 0.261 e. The summed E-state index contributed by atoms with van der Waals surface area (Å²) in [5, 5.41) is 0.534. The van der Waals surface area contributed by atoms with Crippen molar-refractivity contribution in [2.75, 3.05) is 11.5 Å². The summed E-state index contributed by atoms with van der Waals surface area (Å²) >= 11 is 5.91. The Bertz CT molecular complexity index is 845. The molecule has 2 heterocycles. The van der Waals surface area contributed by atoms with Crippen LogP contribution in [0.2, 0.25) is 0 Å². The highest BCUT2D eigenvalue weighted by atomic mass is 35.5. The molecular weight excluding hydrogens is 312 g/mol. The van der Waals surface area contributed by atoms with E-state index < -0.39 is 9.84 Å². The number of rotatable bonds is 3. The third-order valence-electron chi connectivity index (χ3n) is 3.83. The first-order valence-electron chi connectivity index (χ1n) is 6.75. The van der Waals surface area contributed by atoms with Gasteiger partial charge in [-0.2, -0.15) is 0 Å². The van der Waals surface area contributed by atoms with E-state index in [1.807, 2.05) is 6.07 Å². The lowest BCUT2D eigenvalue weighted by molar-refractivity contribution is 0.469. The number of nitrogens with zero attached hydrogens (tertiary/aromatic N) is 2. The van der Waals surface area contributed by atoms with Crippen molar-refractivity contribution in [2.24, 2.45) is 5.92 Å². The fraction of sp³-hybridized carbons (Fsp3) is 0.429. The highest BCUT2D eigenvalue weighted by molar-refractivity contribution is 7.91. The number of halogens is 1. The number of benzene rings is 1. The van der Waals surface area contributed by atoms with Crippen LogP contribution >= 0.6 is 11.6 Å². The van der Waals surface area contributed by atoms with E-state index in [4.69, 9.17) is 11.6 Å². The SMILES string of the molecule is O=c1c2ccccc2nc(CCl)n1CC1CCS(=O)(=O)C1. The second kappa shape index (κ2) is 5.42. The Kier molecular flexibility index (Phi) is 3.75. The van der Waals surface area contributed by atoms with Crippen LogP contribution in [0.15, 0.2) is 29.1 Å². The van der Waals surface area contributed by atoms with Gasteiger partial charge in [-0.15, -0.1) is 11.6 Å². The number of aromatic nitrogens is 2. The topological polar surface area (TPSA) is 69.0 Å². The van der Waals surface area contributed by atoms with Gasteiger partial charge < -0.3 is 0 Å². The summed E-state index contributed by atoms with van der Waals surface area (Å²) in [6.45, 7) is 0.359. The molecule has 1 fully saturated rings. The number of para-hydroxylation sites is 1. The molecule has 1 saturated heterocycles. The number of hydrogen-bond acceptors (Lipinski definition) is 4. The van der Waals surface area contributed by atoms with E-state index in [1.165, 1.54) is 4.57 Å². The smallest absolute Gasteiger partial charge is 0.261 e. The molecule has 112 valence electrons. The van der Waals surface area contributed by atoms with E-state index >= 15 is 0 Å². The summed E-state index contributed by atoms with van der Waals surface area (Å²) in [4.78, 5) is 17.0. The Morgan fingerprint density at radius 2 is 2.10 bits per heavy atom. The molecule has 1 aromatic carbocycles. The maximum atomic E-state index is 12.6. The van der Waals surface area contributed by atoms with Crippen LogP contribution in [0.4, 0.5) is 0 Å². The van der Waals surface area contributed by atoms with E-state index in [1.54, 1.807) is 18.2 Å². The van der Waals surface area contributed by atoms with Crippen LogP contribution in [-0.4, -0.2) is 29.5 Å². The van der Waals surface area contributed by atoms with Crippen LogP contribution in [0.3, 0.4) is 0 Å². The first-order chi connectivity index (χ1) is 10.00. The highest BCUT2D eigenvalue weighted by Crippen LogP contribution is 2.21. The average Bonchev–Trinajstić information content (AvgIpc) is 2.81. The number of alkyl halides is 1. The molecule has 1 aliphatic heterocycles. The lowest BCUT2D eigenvalue weighted by Crippen LogP contribution is -2.28. The molecule has 5 nitrogen and oxygen atoms in total. The molecule has 0 spiro atoms. The minimum atomic E-state index is -2.96. The van der Waals surface area contributed by atoms with Crippen molar-refractivity contribution in [1.82, 2.24) is 9.55 Å². The molecule has 0 saturated carbocycles. The standard InChI is InChI=1S/C14H15ClN2O3S/c15-7-13-16-12-4-2-1-3-11(12)14(18)17(13)8-10-5-6-21(19,20)9-10/h1-4,10H,5-9H2. The minimum absolute atomic E-state index is 0.0439. The third kappa shape index (κ3) is 2.82. The maximum absolute atomic E-state index is 12.6. The Morgan fingerprint density at radius 3 is 2.76 bits per heavy atom. The van der Waals surface area contributed by atoms with Crippen LogP contribution in [0.25, 0.3) is 10.9 Å². The van der Waals surface area contributed by atoms with Gasteiger partial charge in [0, 0.05) is 6.54 Å². The van der Waals surface area contributed by atoms with Crippen molar-refractivity contribution in [1.29, 1.82) is 0 Å². The lowest BCUT2D eigenvalue weighted by atomic mass is 10.1. The molecule has 0 radical (unpaired) electrons. The fourth-order valence-electron chi connectivity index (χ4n) is 2.78. The number of sulfone groups is 1. The Hall–Kier alpha value is -1.40. The summed E-state index contributed by atoms with van der Waals surface area (Å²) in [5.74, 6) is 0.902. The van der Waals surface area contributed by atoms with E-state index in [0.717, 1.165) is 0 Å². The Labute approximate surface area is 127 Å². The monoisotopic (exact) mass is 326 g/mol. The van der Waals surface area contributed by atoms with Gasteiger partial charge in [-0.25, -0.2) is 13.4 Å². The fourth-order valence-corrected chi connectivity index (χ4v) is 4.83. The summed E-state index contributed by atoms with van der Waals surface area (Å²) in [6.07, 6.45) is 0.587. The second-order valence-electron chi connectivity index (χ2n) is 5.36. The van der Waals surface area contributed by atoms with Crippen LogP contribution in [-0.2, 0) is 22.3 Å². The third-order valence-corrected chi connectivity index (χ3v) is 5.90. The quantitative estimate of drug-likeness (QED) is 0.803. The summed E-state index contributed by atoms with van der Waals surface area (Å²) in [6, 6.07) is 7.11. The molecule has 7 heteroatoms. The molecule has 0 N–H and O–H groups in total. The highest BCUT2D eigenvalue weighted by Gasteiger charge is 2.29. The first-order valence-corrected chi connectivity index (χ1v) is 9.10. The van der Waals surface area contributed by atoms with E-state index in [-0.39, 0.29) is 28.9 Å². The zero-order valence-corrected chi connectivity index (χ0v) is 12.9. The van der Waals surface area contributed by atoms with Gasteiger partial charge in [0.25, 0.3) is 5.56 Å². The average molecular weight is 327 g/mol. The zero-order valence-electron chi connectivity index (χ0n) is 11.3. The Morgan fingerprint density at radius 1 is 1.33 bits per heavy atom. The first kappa shape index (κ1) is 14.5. The van der Waals surface area contributed by atoms with Crippen LogP contribution in [0.5, 0.6) is 0 Å². The molecule has 0 bridgehead atoms.